The Morgan fingerprint density at radius 1 is 1.04 bits per heavy atom. The van der Waals surface area contributed by atoms with E-state index >= 15 is 0 Å². The molecular weight excluding hydrogens is 298 g/mol. The molecule has 0 aromatic carbocycles. The average molecular weight is 336 g/mol. The second-order valence-electron chi connectivity index (χ2n) is 8.23. The second-order valence-corrected chi connectivity index (χ2v) is 8.23. The van der Waals surface area contributed by atoms with Crippen LogP contribution in [-0.2, 0) is 4.79 Å². The first-order valence-corrected chi connectivity index (χ1v) is 10.4. The zero-order valence-electron chi connectivity index (χ0n) is 15.9. The number of piperidine rings is 1. The van der Waals surface area contributed by atoms with Crippen molar-refractivity contribution in [2.45, 2.75) is 71.3 Å². The molecule has 1 spiro atoms. The summed E-state index contributed by atoms with van der Waals surface area (Å²) in [6.07, 6.45) is 9.91. The minimum absolute atomic E-state index is 0.0427. The van der Waals surface area contributed by atoms with Crippen molar-refractivity contribution in [2.24, 2.45) is 5.41 Å². The van der Waals surface area contributed by atoms with E-state index in [9.17, 15) is 4.79 Å². The van der Waals surface area contributed by atoms with E-state index in [1.54, 1.807) is 0 Å². The van der Waals surface area contributed by atoms with E-state index in [1.807, 2.05) is 0 Å². The quantitative estimate of drug-likeness (QED) is 0.747. The third-order valence-corrected chi connectivity index (χ3v) is 6.84. The van der Waals surface area contributed by atoms with E-state index in [-0.39, 0.29) is 5.41 Å². The molecule has 3 rings (SSSR count). The maximum Gasteiger partial charge on any atom is 0.230 e. The molecule has 1 atom stereocenters. The predicted octanol–water partition coefficient (Wildman–Crippen LogP) is 2.98. The summed E-state index contributed by atoms with van der Waals surface area (Å²) in [5.74, 6) is 0.506. The van der Waals surface area contributed by atoms with Crippen molar-refractivity contribution in [3.63, 3.8) is 0 Å². The molecule has 2 saturated heterocycles. The summed E-state index contributed by atoms with van der Waals surface area (Å²) in [4.78, 5) is 20.7. The first-order chi connectivity index (χ1) is 11.7. The largest absolute Gasteiger partial charge is 0.339 e. The van der Waals surface area contributed by atoms with Gasteiger partial charge in [-0.25, -0.2) is 0 Å². The lowest BCUT2D eigenvalue weighted by Crippen LogP contribution is -2.54. The van der Waals surface area contributed by atoms with Crippen LogP contribution in [-0.4, -0.2) is 72.5 Å². The van der Waals surface area contributed by atoms with Crippen LogP contribution in [0.2, 0.25) is 0 Å². The van der Waals surface area contributed by atoms with Crippen LogP contribution in [0.15, 0.2) is 0 Å². The molecule has 2 aliphatic heterocycles. The highest BCUT2D eigenvalue weighted by atomic mass is 16.2. The van der Waals surface area contributed by atoms with Crippen LogP contribution in [0.1, 0.15) is 65.2 Å². The fourth-order valence-electron chi connectivity index (χ4n) is 5.19. The zero-order valence-corrected chi connectivity index (χ0v) is 15.9. The Morgan fingerprint density at radius 3 is 2.50 bits per heavy atom. The Labute approximate surface area is 148 Å². The minimum Gasteiger partial charge on any atom is -0.339 e. The van der Waals surface area contributed by atoms with Crippen molar-refractivity contribution < 1.29 is 4.79 Å². The lowest BCUT2D eigenvalue weighted by Gasteiger charge is -2.44. The van der Waals surface area contributed by atoms with Gasteiger partial charge in [-0.15, -0.1) is 0 Å². The molecule has 0 bridgehead atoms. The molecule has 0 N–H and O–H groups in total. The standard InChI is InChI=1S/C20H37N3O/c1-3-21(4-2)15-16-22-14-12-20(17-22)11-8-13-23(19(20)24)18-9-6-5-7-10-18/h18H,3-17H2,1-2H3/t20-/m0/s1. The van der Waals surface area contributed by atoms with Crippen LogP contribution in [0.3, 0.4) is 0 Å². The summed E-state index contributed by atoms with van der Waals surface area (Å²) < 4.78 is 0. The Bertz CT molecular complexity index is 417. The molecule has 0 unspecified atom stereocenters. The van der Waals surface area contributed by atoms with Gasteiger partial charge >= 0.3 is 0 Å². The van der Waals surface area contributed by atoms with E-state index in [0.29, 0.717) is 11.9 Å². The number of rotatable bonds is 6. The van der Waals surface area contributed by atoms with Crippen LogP contribution in [0.4, 0.5) is 0 Å². The van der Waals surface area contributed by atoms with Gasteiger partial charge in [-0.2, -0.15) is 0 Å². The van der Waals surface area contributed by atoms with E-state index in [0.717, 1.165) is 58.7 Å². The van der Waals surface area contributed by atoms with Gasteiger partial charge in [0, 0.05) is 32.2 Å². The van der Waals surface area contributed by atoms with Crippen molar-refractivity contribution in [3.8, 4) is 0 Å². The Morgan fingerprint density at radius 2 is 1.79 bits per heavy atom. The molecule has 138 valence electrons. The number of carbonyl (C=O) groups excluding carboxylic acids is 1. The molecular formula is C20H37N3O. The molecule has 0 aromatic rings. The van der Waals surface area contributed by atoms with Gasteiger partial charge in [-0.3, -0.25) is 4.79 Å². The number of carbonyl (C=O) groups is 1. The lowest BCUT2D eigenvalue weighted by atomic mass is 9.77. The second kappa shape index (κ2) is 8.18. The fraction of sp³-hybridized carbons (Fsp3) is 0.950. The Balaban J connectivity index is 1.57. The topological polar surface area (TPSA) is 26.8 Å². The highest BCUT2D eigenvalue weighted by molar-refractivity contribution is 5.84. The number of likely N-dealkylation sites (tertiary alicyclic amines) is 2. The lowest BCUT2D eigenvalue weighted by molar-refractivity contribution is -0.149. The number of amides is 1. The van der Waals surface area contributed by atoms with Gasteiger partial charge < -0.3 is 14.7 Å². The van der Waals surface area contributed by atoms with Crippen LogP contribution in [0.5, 0.6) is 0 Å². The number of hydrogen-bond acceptors (Lipinski definition) is 3. The monoisotopic (exact) mass is 335 g/mol. The normalized spacial score (nSPS) is 30.0. The van der Waals surface area contributed by atoms with Crippen LogP contribution in [0, 0.1) is 5.41 Å². The third kappa shape index (κ3) is 3.80. The van der Waals surface area contributed by atoms with Crippen molar-refractivity contribution >= 4 is 5.91 Å². The summed E-state index contributed by atoms with van der Waals surface area (Å²) in [5.41, 5.74) is -0.0427. The third-order valence-electron chi connectivity index (χ3n) is 6.84. The first-order valence-electron chi connectivity index (χ1n) is 10.4. The van der Waals surface area contributed by atoms with Gasteiger partial charge in [0.2, 0.25) is 5.91 Å². The van der Waals surface area contributed by atoms with Crippen LogP contribution < -0.4 is 0 Å². The average Bonchev–Trinajstić information content (AvgIpc) is 3.03. The molecule has 1 amide bonds. The van der Waals surface area contributed by atoms with Crippen molar-refractivity contribution in [1.29, 1.82) is 0 Å². The van der Waals surface area contributed by atoms with Gasteiger partial charge in [0.25, 0.3) is 0 Å². The maximum atomic E-state index is 13.3. The Kier molecular flexibility index (Phi) is 6.20. The molecule has 4 nitrogen and oxygen atoms in total. The summed E-state index contributed by atoms with van der Waals surface area (Å²) in [7, 11) is 0. The van der Waals surface area contributed by atoms with Crippen molar-refractivity contribution in [3.05, 3.63) is 0 Å². The summed E-state index contributed by atoms with van der Waals surface area (Å²) >= 11 is 0. The maximum absolute atomic E-state index is 13.3. The van der Waals surface area contributed by atoms with Crippen molar-refractivity contribution in [2.75, 3.05) is 45.8 Å². The predicted molar refractivity (Wildman–Crippen MR) is 99.1 cm³/mol. The van der Waals surface area contributed by atoms with E-state index in [4.69, 9.17) is 0 Å². The van der Waals surface area contributed by atoms with Crippen LogP contribution >= 0.6 is 0 Å². The molecule has 4 heteroatoms. The number of hydrogen-bond donors (Lipinski definition) is 0. The zero-order chi connectivity index (χ0) is 17.0. The van der Waals surface area contributed by atoms with E-state index in [2.05, 4.69) is 28.5 Å². The highest BCUT2D eigenvalue weighted by Crippen LogP contribution is 2.41. The summed E-state index contributed by atoms with van der Waals surface area (Å²) in [6, 6.07) is 0.549. The Hall–Kier alpha value is -0.610. The first kappa shape index (κ1) is 18.2. The van der Waals surface area contributed by atoms with Gasteiger partial charge in [0.1, 0.15) is 0 Å². The fourth-order valence-corrected chi connectivity index (χ4v) is 5.19. The van der Waals surface area contributed by atoms with E-state index in [1.165, 1.54) is 38.5 Å². The van der Waals surface area contributed by atoms with Gasteiger partial charge in [-0.05, 0) is 51.7 Å². The molecule has 1 saturated carbocycles. The highest BCUT2D eigenvalue weighted by Gasteiger charge is 2.49. The molecule has 24 heavy (non-hydrogen) atoms. The van der Waals surface area contributed by atoms with E-state index < -0.39 is 0 Å². The summed E-state index contributed by atoms with van der Waals surface area (Å²) in [5, 5.41) is 0. The number of nitrogens with zero attached hydrogens (tertiary/aromatic N) is 3. The van der Waals surface area contributed by atoms with Crippen molar-refractivity contribution in [1.82, 2.24) is 14.7 Å². The van der Waals surface area contributed by atoms with Gasteiger partial charge in [-0.1, -0.05) is 33.1 Å². The minimum atomic E-state index is -0.0427. The van der Waals surface area contributed by atoms with Crippen LogP contribution in [0.25, 0.3) is 0 Å². The van der Waals surface area contributed by atoms with Gasteiger partial charge in [0.05, 0.1) is 5.41 Å². The molecule has 0 radical (unpaired) electrons. The SMILES string of the molecule is CCN(CC)CCN1CC[C@@]2(CCCN(C3CCCCC3)C2=O)C1. The smallest absolute Gasteiger partial charge is 0.230 e. The molecule has 3 aliphatic rings. The molecule has 2 heterocycles. The van der Waals surface area contributed by atoms with Gasteiger partial charge in [0.15, 0.2) is 0 Å². The molecule has 3 fully saturated rings. The number of likely N-dealkylation sites (N-methyl/N-ethyl adjacent to an activating group) is 1. The summed E-state index contributed by atoms with van der Waals surface area (Å²) in [6.45, 7) is 12.1. The molecule has 1 aliphatic carbocycles. The molecule has 0 aromatic heterocycles.